The maximum atomic E-state index is 11.0. The number of aromatic nitrogens is 2. The van der Waals surface area contributed by atoms with Crippen LogP contribution >= 0.6 is 15.9 Å². The van der Waals surface area contributed by atoms with Crippen LogP contribution in [0.5, 0.6) is 5.75 Å². The Kier molecular flexibility index (Phi) is 5.10. The maximum Gasteiger partial charge on any atom is 0.344 e. The minimum atomic E-state index is -1.01. The Labute approximate surface area is 148 Å². The molecular weight excluding hydrogens is 376 g/mol. The van der Waals surface area contributed by atoms with Gasteiger partial charge in [0.1, 0.15) is 5.75 Å². The number of aliphatic carboxylic acids is 1. The van der Waals surface area contributed by atoms with Gasteiger partial charge in [-0.15, -0.1) is 0 Å². The molecule has 0 saturated heterocycles. The number of hydrogen-bond acceptors (Lipinski definition) is 4. The van der Waals surface area contributed by atoms with Gasteiger partial charge in [0.2, 0.25) is 0 Å². The van der Waals surface area contributed by atoms with Crippen molar-refractivity contribution in [2.45, 2.75) is 44.8 Å². The van der Waals surface area contributed by atoms with Crippen LogP contribution in [-0.4, -0.2) is 38.7 Å². The number of aliphatic hydroxyl groups is 1. The molecule has 130 valence electrons. The van der Waals surface area contributed by atoms with Gasteiger partial charge in [0.15, 0.2) is 6.10 Å². The van der Waals surface area contributed by atoms with E-state index in [4.69, 9.17) is 9.84 Å². The lowest BCUT2D eigenvalue weighted by Crippen LogP contribution is -2.23. The van der Waals surface area contributed by atoms with Crippen molar-refractivity contribution in [3.63, 3.8) is 0 Å². The van der Waals surface area contributed by atoms with Crippen LogP contribution in [0.3, 0.4) is 0 Å². The zero-order valence-electron chi connectivity index (χ0n) is 13.5. The van der Waals surface area contributed by atoms with Gasteiger partial charge in [0, 0.05) is 24.3 Å². The molecule has 6 nitrogen and oxygen atoms in total. The van der Waals surface area contributed by atoms with E-state index in [2.05, 4.69) is 21.0 Å². The van der Waals surface area contributed by atoms with Crippen molar-refractivity contribution in [2.24, 2.45) is 5.92 Å². The van der Waals surface area contributed by atoms with Crippen LogP contribution in [0.2, 0.25) is 0 Å². The molecule has 3 rings (SSSR count). The third-order valence-corrected chi connectivity index (χ3v) is 5.30. The predicted octanol–water partition coefficient (Wildman–Crippen LogP) is 3.37. The first kappa shape index (κ1) is 17.2. The van der Waals surface area contributed by atoms with Crippen molar-refractivity contribution in [3.8, 4) is 5.75 Å². The summed E-state index contributed by atoms with van der Waals surface area (Å²) in [5.74, 6) is -0.113. The van der Waals surface area contributed by atoms with Crippen molar-refractivity contribution in [1.29, 1.82) is 0 Å². The predicted molar refractivity (Wildman–Crippen MR) is 93.2 cm³/mol. The molecule has 0 aliphatic heterocycles. The standard InChI is InChI=1S/C17H21BrN2O4/c1-10(17(22)23)24-16-7-15-12(6-14(16)18)8-20(19-15)13-4-2-11(9-21)3-5-13/h6-8,10-11,13,21H,2-5,9H2,1H3,(H,22,23). The van der Waals surface area contributed by atoms with Crippen LogP contribution in [0, 0.1) is 5.92 Å². The normalized spacial score (nSPS) is 22.5. The van der Waals surface area contributed by atoms with Crippen LogP contribution in [0.4, 0.5) is 0 Å². The SMILES string of the molecule is CC(Oc1cc2nn(C3CCC(CO)CC3)cc2cc1Br)C(=O)O. The fourth-order valence-corrected chi connectivity index (χ4v) is 3.61. The average molecular weight is 397 g/mol. The highest BCUT2D eigenvalue weighted by Gasteiger charge is 2.23. The monoisotopic (exact) mass is 396 g/mol. The van der Waals surface area contributed by atoms with Gasteiger partial charge < -0.3 is 14.9 Å². The molecule has 2 N–H and O–H groups in total. The summed E-state index contributed by atoms with van der Waals surface area (Å²) in [4.78, 5) is 11.0. The second-order valence-electron chi connectivity index (χ2n) is 6.41. The van der Waals surface area contributed by atoms with Gasteiger partial charge in [0.05, 0.1) is 16.0 Å². The number of benzene rings is 1. The van der Waals surface area contributed by atoms with Crippen molar-refractivity contribution in [1.82, 2.24) is 9.78 Å². The highest BCUT2D eigenvalue weighted by Crippen LogP contribution is 2.35. The summed E-state index contributed by atoms with van der Waals surface area (Å²) in [6.45, 7) is 1.76. The lowest BCUT2D eigenvalue weighted by atomic mass is 9.87. The van der Waals surface area contributed by atoms with Crippen molar-refractivity contribution >= 4 is 32.8 Å². The first-order valence-electron chi connectivity index (χ1n) is 8.16. The highest BCUT2D eigenvalue weighted by molar-refractivity contribution is 9.10. The molecule has 2 aromatic rings. The molecule has 1 saturated carbocycles. The molecule has 1 aromatic carbocycles. The lowest BCUT2D eigenvalue weighted by molar-refractivity contribution is -0.144. The summed E-state index contributed by atoms with van der Waals surface area (Å²) >= 11 is 3.43. The lowest BCUT2D eigenvalue weighted by Gasteiger charge is -2.27. The molecule has 1 heterocycles. The molecule has 24 heavy (non-hydrogen) atoms. The summed E-state index contributed by atoms with van der Waals surface area (Å²) in [6, 6.07) is 4.03. The van der Waals surface area contributed by atoms with Gasteiger partial charge in [0.25, 0.3) is 0 Å². The summed E-state index contributed by atoms with van der Waals surface area (Å²) in [5.41, 5.74) is 0.787. The van der Waals surface area contributed by atoms with Crippen LogP contribution in [0.25, 0.3) is 10.9 Å². The second-order valence-corrected chi connectivity index (χ2v) is 7.26. The summed E-state index contributed by atoms with van der Waals surface area (Å²) in [7, 11) is 0. The number of fused-ring (bicyclic) bond motifs is 1. The Balaban J connectivity index is 1.82. The average Bonchev–Trinajstić information content (AvgIpc) is 2.97. The minimum Gasteiger partial charge on any atom is -0.479 e. The maximum absolute atomic E-state index is 11.0. The molecule has 1 fully saturated rings. The molecule has 0 radical (unpaired) electrons. The smallest absolute Gasteiger partial charge is 0.344 e. The third-order valence-electron chi connectivity index (χ3n) is 4.68. The van der Waals surface area contributed by atoms with E-state index < -0.39 is 12.1 Å². The van der Waals surface area contributed by atoms with Crippen molar-refractivity contribution < 1.29 is 19.7 Å². The van der Waals surface area contributed by atoms with E-state index in [0.717, 1.165) is 36.6 Å². The Hall–Kier alpha value is -1.60. The molecule has 1 unspecified atom stereocenters. The number of halogens is 1. The Bertz CT molecular complexity index is 738. The molecule has 1 aliphatic carbocycles. The van der Waals surface area contributed by atoms with Crippen molar-refractivity contribution in [2.75, 3.05) is 6.61 Å². The molecule has 1 atom stereocenters. The van der Waals surface area contributed by atoms with Crippen LogP contribution in [-0.2, 0) is 4.79 Å². The first-order chi connectivity index (χ1) is 11.5. The fraction of sp³-hybridized carbons (Fsp3) is 0.529. The van der Waals surface area contributed by atoms with Gasteiger partial charge >= 0.3 is 5.97 Å². The topological polar surface area (TPSA) is 84.6 Å². The van der Waals surface area contributed by atoms with E-state index in [1.807, 2.05) is 16.9 Å². The highest BCUT2D eigenvalue weighted by atomic mass is 79.9. The first-order valence-corrected chi connectivity index (χ1v) is 8.96. The van der Waals surface area contributed by atoms with Gasteiger partial charge in [-0.3, -0.25) is 4.68 Å². The van der Waals surface area contributed by atoms with E-state index in [-0.39, 0.29) is 6.61 Å². The number of hydrogen-bond donors (Lipinski definition) is 2. The van der Waals surface area contributed by atoms with Crippen LogP contribution in [0.1, 0.15) is 38.6 Å². The zero-order valence-corrected chi connectivity index (χ0v) is 15.1. The van der Waals surface area contributed by atoms with Crippen LogP contribution < -0.4 is 4.74 Å². The molecule has 0 amide bonds. The zero-order chi connectivity index (χ0) is 17.3. The van der Waals surface area contributed by atoms with E-state index in [9.17, 15) is 9.90 Å². The van der Waals surface area contributed by atoms with Gasteiger partial charge in [-0.25, -0.2) is 4.79 Å². The quantitative estimate of drug-likeness (QED) is 0.808. The van der Waals surface area contributed by atoms with Crippen LogP contribution in [0.15, 0.2) is 22.8 Å². The summed E-state index contributed by atoms with van der Waals surface area (Å²) in [5, 5.41) is 23.9. The molecule has 1 aromatic heterocycles. The molecule has 0 spiro atoms. The summed E-state index contributed by atoms with van der Waals surface area (Å²) < 4.78 is 8.18. The van der Waals surface area contributed by atoms with E-state index in [1.54, 1.807) is 6.07 Å². The fourth-order valence-electron chi connectivity index (χ4n) is 3.15. The van der Waals surface area contributed by atoms with E-state index >= 15 is 0 Å². The van der Waals surface area contributed by atoms with E-state index in [1.165, 1.54) is 6.92 Å². The number of carboxylic acids is 1. The molecule has 0 bridgehead atoms. The Morgan fingerprint density at radius 2 is 2.12 bits per heavy atom. The Morgan fingerprint density at radius 3 is 2.75 bits per heavy atom. The third kappa shape index (κ3) is 3.57. The molecule has 1 aliphatic rings. The number of carbonyl (C=O) groups is 1. The summed E-state index contributed by atoms with van der Waals surface area (Å²) in [6.07, 6.45) is 5.17. The van der Waals surface area contributed by atoms with Gasteiger partial charge in [-0.2, -0.15) is 5.10 Å². The Morgan fingerprint density at radius 1 is 1.42 bits per heavy atom. The molecular formula is C17H21BrN2O4. The van der Waals surface area contributed by atoms with Gasteiger partial charge in [-0.05, 0) is 60.5 Å². The minimum absolute atomic E-state index is 0.267. The van der Waals surface area contributed by atoms with Gasteiger partial charge in [-0.1, -0.05) is 0 Å². The number of aliphatic hydroxyl groups excluding tert-OH is 1. The second kappa shape index (κ2) is 7.11. The number of ether oxygens (including phenoxy) is 1. The van der Waals surface area contributed by atoms with E-state index in [0.29, 0.717) is 22.2 Å². The number of rotatable bonds is 5. The van der Waals surface area contributed by atoms with Crippen molar-refractivity contribution in [3.05, 3.63) is 22.8 Å². The molecule has 7 heteroatoms. The number of nitrogens with zero attached hydrogens (tertiary/aromatic N) is 2. The largest absolute Gasteiger partial charge is 0.479 e. The number of carboxylic acid groups (broad SMARTS) is 1.